The van der Waals surface area contributed by atoms with Gasteiger partial charge in [-0.2, -0.15) is 0 Å². The van der Waals surface area contributed by atoms with Crippen LogP contribution >= 0.6 is 23.4 Å². The average molecular weight is 313 g/mol. The Kier molecular flexibility index (Phi) is 5.70. The largest absolute Gasteiger partial charge is 0.493 e. The summed E-state index contributed by atoms with van der Waals surface area (Å²) < 4.78 is 7.65. The van der Waals surface area contributed by atoms with Gasteiger partial charge in [0.15, 0.2) is 5.16 Å². The lowest BCUT2D eigenvalue weighted by atomic mass is 10.3. The van der Waals surface area contributed by atoms with Crippen LogP contribution in [0.2, 0.25) is 5.02 Å². The fraction of sp³-hybridized carbons (Fsp3) is 0.385. The van der Waals surface area contributed by atoms with Crippen molar-refractivity contribution in [2.75, 3.05) is 18.9 Å². The fourth-order valence-electron chi connectivity index (χ4n) is 1.68. The maximum Gasteiger partial charge on any atom is 0.191 e. The Bertz CT molecular complexity index is 544. The molecule has 0 radical (unpaired) electrons. The number of aromatic nitrogens is 3. The first-order valence-corrected chi connectivity index (χ1v) is 7.68. The highest BCUT2D eigenvalue weighted by atomic mass is 35.5. The number of ether oxygens (including phenoxy) is 1. The van der Waals surface area contributed by atoms with Crippen LogP contribution < -0.4 is 10.5 Å². The Morgan fingerprint density at radius 3 is 2.75 bits per heavy atom. The van der Waals surface area contributed by atoms with E-state index in [1.54, 1.807) is 11.8 Å². The highest BCUT2D eigenvalue weighted by Gasteiger charge is 2.08. The number of thioether (sulfide) groups is 1. The van der Waals surface area contributed by atoms with Crippen LogP contribution in [0, 0.1) is 6.92 Å². The van der Waals surface area contributed by atoms with Gasteiger partial charge in [-0.3, -0.25) is 0 Å². The van der Waals surface area contributed by atoms with Gasteiger partial charge in [0.05, 0.1) is 6.61 Å². The van der Waals surface area contributed by atoms with Crippen LogP contribution in [0.25, 0.3) is 0 Å². The molecule has 108 valence electrons. The molecule has 0 saturated carbocycles. The van der Waals surface area contributed by atoms with Crippen LogP contribution in [-0.4, -0.2) is 33.7 Å². The van der Waals surface area contributed by atoms with Crippen molar-refractivity contribution in [1.82, 2.24) is 14.8 Å². The molecule has 7 heteroatoms. The van der Waals surface area contributed by atoms with Gasteiger partial charge in [-0.1, -0.05) is 23.4 Å². The number of hydrogen-bond acceptors (Lipinski definition) is 5. The lowest BCUT2D eigenvalue weighted by molar-refractivity contribution is 0.344. The van der Waals surface area contributed by atoms with Crippen molar-refractivity contribution in [2.45, 2.75) is 18.6 Å². The molecule has 0 atom stereocenters. The Morgan fingerprint density at radius 2 is 2.05 bits per heavy atom. The summed E-state index contributed by atoms with van der Waals surface area (Å²) in [5.74, 6) is 2.50. The Morgan fingerprint density at radius 1 is 1.30 bits per heavy atom. The van der Waals surface area contributed by atoms with E-state index in [9.17, 15) is 0 Å². The molecular weight excluding hydrogens is 296 g/mol. The molecule has 0 amide bonds. The van der Waals surface area contributed by atoms with Gasteiger partial charge in [-0.25, -0.2) is 0 Å². The van der Waals surface area contributed by atoms with E-state index >= 15 is 0 Å². The van der Waals surface area contributed by atoms with Crippen LogP contribution in [-0.2, 0) is 6.54 Å². The molecule has 1 aromatic carbocycles. The predicted molar refractivity (Wildman–Crippen MR) is 81.5 cm³/mol. The van der Waals surface area contributed by atoms with Gasteiger partial charge in [0.25, 0.3) is 0 Å². The lowest BCUT2D eigenvalue weighted by Gasteiger charge is -2.07. The third-order valence-electron chi connectivity index (χ3n) is 2.65. The maximum atomic E-state index is 5.81. The van der Waals surface area contributed by atoms with E-state index in [-0.39, 0.29) is 0 Å². The molecule has 2 aromatic rings. The molecule has 5 nitrogen and oxygen atoms in total. The summed E-state index contributed by atoms with van der Waals surface area (Å²) in [6.07, 6.45) is 0. The third-order valence-corrected chi connectivity index (χ3v) is 3.83. The second-order valence-electron chi connectivity index (χ2n) is 4.12. The van der Waals surface area contributed by atoms with Gasteiger partial charge >= 0.3 is 0 Å². The summed E-state index contributed by atoms with van der Waals surface area (Å²) in [4.78, 5) is 0. The summed E-state index contributed by atoms with van der Waals surface area (Å²) in [5.41, 5.74) is 5.58. The van der Waals surface area contributed by atoms with Gasteiger partial charge in [0, 0.05) is 23.9 Å². The molecular formula is C13H17ClN4OS. The molecule has 1 aromatic heterocycles. The summed E-state index contributed by atoms with van der Waals surface area (Å²) in [5, 5.41) is 9.79. The SMILES string of the molecule is Cc1nnc(SCCOc2ccc(Cl)cc2)n1CCN. The summed E-state index contributed by atoms with van der Waals surface area (Å²) in [7, 11) is 0. The lowest BCUT2D eigenvalue weighted by Crippen LogP contribution is -2.12. The quantitative estimate of drug-likeness (QED) is 0.628. The van der Waals surface area contributed by atoms with E-state index in [1.807, 2.05) is 35.8 Å². The van der Waals surface area contributed by atoms with Crippen molar-refractivity contribution >= 4 is 23.4 Å². The molecule has 0 spiro atoms. The molecule has 0 aliphatic carbocycles. The van der Waals surface area contributed by atoms with Crippen LogP contribution in [0.5, 0.6) is 5.75 Å². The van der Waals surface area contributed by atoms with Crippen molar-refractivity contribution in [2.24, 2.45) is 5.73 Å². The number of halogens is 1. The van der Waals surface area contributed by atoms with Crippen molar-refractivity contribution < 1.29 is 4.74 Å². The molecule has 0 fully saturated rings. The first kappa shape index (κ1) is 15.2. The zero-order valence-electron chi connectivity index (χ0n) is 11.3. The number of hydrogen-bond donors (Lipinski definition) is 1. The first-order chi connectivity index (χ1) is 9.70. The zero-order valence-corrected chi connectivity index (χ0v) is 12.8. The van der Waals surface area contributed by atoms with E-state index in [0.29, 0.717) is 18.2 Å². The minimum atomic E-state index is 0.577. The molecule has 0 unspecified atom stereocenters. The van der Waals surface area contributed by atoms with Gasteiger partial charge in [-0.05, 0) is 31.2 Å². The molecule has 0 aliphatic heterocycles. The minimum absolute atomic E-state index is 0.577. The fourth-order valence-corrected chi connectivity index (χ4v) is 2.63. The molecule has 1 heterocycles. The smallest absolute Gasteiger partial charge is 0.191 e. The molecule has 20 heavy (non-hydrogen) atoms. The van der Waals surface area contributed by atoms with Crippen LogP contribution in [0.4, 0.5) is 0 Å². The Hall–Kier alpha value is -1.24. The number of rotatable bonds is 7. The number of aryl methyl sites for hydroxylation is 1. The average Bonchev–Trinajstić information content (AvgIpc) is 2.79. The molecule has 2 rings (SSSR count). The van der Waals surface area contributed by atoms with E-state index in [2.05, 4.69) is 10.2 Å². The molecule has 0 bridgehead atoms. The van der Waals surface area contributed by atoms with Gasteiger partial charge in [0.1, 0.15) is 11.6 Å². The standard InChI is InChI=1S/C13H17ClN4OS/c1-10-16-17-13(18(10)7-6-15)20-9-8-19-12-4-2-11(14)3-5-12/h2-5H,6-9,15H2,1H3. The van der Waals surface area contributed by atoms with Crippen molar-refractivity contribution in [3.8, 4) is 5.75 Å². The topological polar surface area (TPSA) is 66.0 Å². The zero-order chi connectivity index (χ0) is 14.4. The maximum absolute atomic E-state index is 5.81. The van der Waals surface area contributed by atoms with Gasteiger partial charge in [0.2, 0.25) is 0 Å². The number of nitrogens with two attached hydrogens (primary N) is 1. The van der Waals surface area contributed by atoms with Gasteiger partial charge in [-0.15, -0.1) is 10.2 Å². The molecule has 0 saturated heterocycles. The third kappa shape index (κ3) is 4.13. The first-order valence-electron chi connectivity index (χ1n) is 6.31. The van der Waals surface area contributed by atoms with Crippen LogP contribution in [0.1, 0.15) is 5.82 Å². The van der Waals surface area contributed by atoms with Crippen LogP contribution in [0.15, 0.2) is 29.4 Å². The summed E-state index contributed by atoms with van der Waals surface area (Å²) in [6, 6.07) is 7.33. The van der Waals surface area contributed by atoms with E-state index in [1.165, 1.54) is 0 Å². The minimum Gasteiger partial charge on any atom is -0.493 e. The van der Waals surface area contributed by atoms with E-state index in [4.69, 9.17) is 22.1 Å². The summed E-state index contributed by atoms with van der Waals surface area (Å²) in [6.45, 7) is 3.84. The second kappa shape index (κ2) is 7.52. The second-order valence-corrected chi connectivity index (χ2v) is 5.62. The van der Waals surface area contributed by atoms with Crippen LogP contribution in [0.3, 0.4) is 0 Å². The normalized spacial score (nSPS) is 10.8. The summed E-state index contributed by atoms with van der Waals surface area (Å²) >= 11 is 7.43. The molecule has 0 aliphatic rings. The van der Waals surface area contributed by atoms with Crippen molar-refractivity contribution in [3.63, 3.8) is 0 Å². The van der Waals surface area contributed by atoms with Gasteiger partial charge < -0.3 is 15.0 Å². The Balaban J connectivity index is 1.80. The Labute approximate surface area is 127 Å². The number of benzene rings is 1. The van der Waals surface area contributed by atoms with Crippen molar-refractivity contribution in [1.29, 1.82) is 0 Å². The van der Waals surface area contributed by atoms with E-state index in [0.717, 1.165) is 29.0 Å². The van der Waals surface area contributed by atoms with Crippen molar-refractivity contribution in [3.05, 3.63) is 35.1 Å². The van der Waals surface area contributed by atoms with E-state index < -0.39 is 0 Å². The number of nitrogens with zero attached hydrogens (tertiary/aromatic N) is 3. The monoisotopic (exact) mass is 312 g/mol. The highest BCUT2D eigenvalue weighted by Crippen LogP contribution is 2.18. The highest BCUT2D eigenvalue weighted by molar-refractivity contribution is 7.99. The predicted octanol–water partition coefficient (Wildman–Crippen LogP) is 2.37. The molecule has 2 N–H and O–H groups in total.